The number of ether oxygens (including phenoxy) is 2. The maximum absolute atomic E-state index is 12.0. The molecule has 0 aromatic heterocycles. The lowest BCUT2D eigenvalue weighted by atomic mass is 10.2. The number of anilines is 2. The first-order chi connectivity index (χ1) is 11.7. The Balaban J connectivity index is 1.55. The van der Waals surface area contributed by atoms with E-state index >= 15 is 0 Å². The van der Waals surface area contributed by atoms with Gasteiger partial charge in [0.2, 0.25) is 0 Å². The maximum atomic E-state index is 12.0. The monoisotopic (exact) mass is 346 g/mol. The molecule has 1 aliphatic heterocycles. The molecule has 1 heterocycles. The van der Waals surface area contributed by atoms with Crippen molar-refractivity contribution in [3.8, 4) is 5.75 Å². The van der Waals surface area contributed by atoms with E-state index in [0.29, 0.717) is 10.8 Å². The molecule has 1 aliphatic rings. The van der Waals surface area contributed by atoms with Gasteiger partial charge in [0.25, 0.3) is 5.91 Å². The largest absolute Gasteiger partial charge is 0.484 e. The molecule has 1 saturated heterocycles. The Hall–Kier alpha value is -2.24. The fraction of sp³-hybridized carbons (Fsp3) is 0.278. The van der Waals surface area contributed by atoms with E-state index in [1.807, 2.05) is 24.3 Å². The molecular weight excluding hydrogens is 328 g/mol. The van der Waals surface area contributed by atoms with Gasteiger partial charge in [-0.25, -0.2) is 0 Å². The van der Waals surface area contributed by atoms with Gasteiger partial charge in [-0.05, 0) is 42.5 Å². The van der Waals surface area contributed by atoms with Crippen LogP contribution < -0.4 is 15.0 Å². The van der Waals surface area contributed by atoms with Crippen LogP contribution in [0.1, 0.15) is 0 Å². The fourth-order valence-corrected chi connectivity index (χ4v) is 2.60. The summed E-state index contributed by atoms with van der Waals surface area (Å²) in [7, 11) is 0. The minimum atomic E-state index is -0.205. The average molecular weight is 347 g/mol. The number of amides is 1. The van der Waals surface area contributed by atoms with E-state index in [2.05, 4.69) is 10.2 Å². The zero-order valence-corrected chi connectivity index (χ0v) is 14.0. The number of benzene rings is 2. The summed E-state index contributed by atoms with van der Waals surface area (Å²) in [4.78, 5) is 14.3. The summed E-state index contributed by atoms with van der Waals surface area (Å²) in [5.41, 5.74) is 1.83. The predicted octanol–water partition coefficient (Wildman–Crippen LogP) is 3.19. The Kier molecular flexibility index (Phi) is 5.56. The molecular formula is C18H19ClN2O3. The van der Waals surface area contributed by atoms with Crippen LogP contribution in [0.3, 0.4) is 0 Å². The Labute approximate surface area is 146 Å². The van der Waals surface area contributed by atoms with Gasteiger partial charge in [-0.1, -0.05) is 17.7 Å². The number of nitrogens with one attached hydrogen (secondary N) is 1. The molecule has 1 fully saturated rings. The van der Waals surface area contributed by atoms with Crippen LogP contribution in [0.4, 0.5) is 11.4 Å². The average Bonchev–Trinajstić information content (AvgIpc) is 2.62. The molecule has 0 spiro atoms. The van der Waals surface area contributed by atoms with E-state index in [0.717, 1.165) is 37.7 Å². The molecule has 0 bridgehead atoms. The Morgan fingerprint density at radius 1 is 1.17 bits per heavy atom. The normalized spacial score (nSPS) is 14.3. The van der Waals surface area contributed by atoms with E-state index in [9.17, 15) is 4.79 Å². The molecule has 0 aliphatic carbocycles. The summed E-state index contributed by atoms with van der Waals surface area (Å²) >= 11 is 5.81. The minimum absolute atomic E-state index is 0.0522. The van der Waals surface area contributed by atoms with Gasteiger partial charge in [0.05, 0.1) is 13.2 Å². The van der Waals surface area contributed by atoms with Crippen molar-refractivity contribution < 1.29 is 14.3 Å². The van der Waals surface area contributed by atoms with E-state index in [1.54, 1.807) is 24.3 Å². The van der Waals surface area contributed by atoms with E-state index < -0.39 is 0 Å². The molecule has 0 radical (unpaired) electrons. The second kappa shape index (κ2) is 8.04. The molecule has 126 valence electrons. The van der Waals surface area contributed by atoms with Gasteiger partial charge in [-0.2, -0.15) is 0 Å². The molecule has 2 aromatic carbocycles. The van der Waals surface area contributed by atoms with Gasteiger partial charge >= 0.3 is 0 Å². The van der Waals surface area contributed by atoms with Gasteiger partial charge in [0.15, 0.2) is 6.61 Å². The number of rotatable bonds is 5. The van der Waals surface area contributed by atoms with Crippen molar-refractivity contribution in [1.29, 1.82) is 0 Å². The molecule has 2 aromatic rings. The Bertz CT molecular complexity index is 685. The first-order valence-electron chi connectivity index (χ1n) is 7.82. The van der Waals surface area contributed by atoms with Gasteiger partial charge in [0.1, 0.15) is 5.75 Å². The molecule has 3 rings (SSSR count). The first-order valence-corrected chi connectivity index (χ1v) is 8.19. The standard InChI is InChI=1S/C18H19ClN2O3/c19-14-4-6-17(7-5-14)24-13-18(22)20-15-2-1-3-16(12-15)21-8-10-23-11-9-21/h1-7,12H,8-11,13H2,(H,20,22). The highest BCUT2D eigenvalue weighted by atomic mass is 35.5. The van der Waals surface area contributed by atoms with Crippen molar-refractivity contribution in [1.82, 2.24) is 0 Å². The quantitative estimate of drug-likeness (QED) is 0.903. The van der Waals surface area contributed by atoms with Crippen LogP contribution in [0.5, 0.6) is 5.75 Å². The zero-order valence-electron chi connectivity index (χ0n) is 13.2. The molecule has 0 unspecified atom stereocenters. The smallest absolute Gasteiger partial charge is 0.262 e. The summed E-state index contributed by atoms with van der Waals surface area (Å²) in [6, 6.07) is 14.7. The third-order valence-corrected chi connectivity index (χ3v) is 3.94. The molecule has 1 amide bonds. The highest BCUT2D eigenvalue weighted by Crippen LogP contribution is 2.20. The number of nitrogens with zero attached hydrogens (tertiary/aromatic N) is 1. The Morgan fingerprint density at radius 3 is 2.67 bits per heavy atom. The number of hydrogen-bond acceptors (Lipinski definition) is 4. The molecule has 0 atom stereocenters. The van der Waals surface area contributed by atoms with Gasteiger partial charge in [-0.15, -0.1) is 0 Å². The van der Waals surface area contributed by atoms with Crippen molar-refractivity contribution in [2.24, 2.45) is 0 Å². The third kappa shape index (κ3) is 4.63. The van der Waals surface area contributed by atoms with E-state index in [-0.39, 0.29) is 12.5 Å². The van der Waals surface area contributed by atoms with Crippen LogP contribution in [0, 0.1) is 0 Å². The topological polar surface area (TPSA) is 50.8 Å². The predicted molar refractivity (Wildman–Crippen MR) is 95.1 cm³/mol. The van der Waals surface area contributed by atoms with Crippen LogP contribution in [0.15, 0.2) is 48.5 Å². The van der Waals surface area contributed by atoms with Gasteiger partial charge in [-0.3, -0.25) is 4.79 Å². The summed E-state index contributed by atoms with van der Waals surface area (Å²) in [6.45, 7) is 3.12. The number of carbonyl (C=O) groups excluding carboxylic acids is 1. The van der Waals surface area contributed by atoms with Crippen LogP contribution in [0.2, 0.25) is 5.02 Å². The molecule has 6 heteroatoms. The van der Waals surface area contributed by atoms with Crippen molar-refractivity contribution in [2.45, 2.75) is 0 Å². The zero-order chi connectivity index (χ0) is 16.8. The summed E-state index contributed by atoms with van der Waals surface area (Å²) < 4.78 is 10.8. The highest BCUT2D eigenvalue weighted by Gasteiger charge is 2.12. The summed E-state index contributed by atoms with van der Waals surface area (Å²) in [6.07, 6.45) is 0. The lowest BCUT2D eigenvalue weighted by molar-refractivity contribution is -0.118. The Morgan fingerprint density at radius 2 is 1.92 bits per heavy atom. The van der Waals surface area contributed by atoms with Gasteiger partial charge < -0.3 is 19.7 Å². The first kappa shape index (κ1) is 16.6. The van der Waals surface area contributed by atoms with E-state index in [1.165, 1.54) is 0 Å². The van der Waals surface area contributed by atoms with Crippen molar-refractivity contribution in [3.05, 3.63) is 53.6 Å². The van der Waals surface area contributed by atoms with Crippen LogP contribution in [-0.4, -0.2) is 38.8 Å². The van der Waals surface area contributed by atoms with Gasteiger partial charge in [0, 0.05) is 29.5 Å². The highest BCUT2D eigenvalue weighted by molar-refractivity contribution is 6.30. The number of hydrogen-bond donors (Lipinski definition) is 1. The molecule has 5 nitrogen and oxygen atoms in total. The molecule has 24 heavy (non-hydrogen) atoms. The SMILES string of the molecule is O=C(COc1ccc(Cl)cc1)Nc1cccc(N2CCOCC2)c1. The molecule has 0 saturated carbocycles. The lowest BCUT2D eigenvalue weighted by Crippen LogP contribution is -2.36. The lowest BCUT2D eigenvalue weighted by Gasteiger charge is -2.29. The van der Waals surface area contributed by atoms with Crippen molar-refractivity contribution >= 4 is 28.9 Å². The van der Waals surface area contributed by atoms with Crippen LogP contribution in [-0.2, 0) is 9.53 Å². The third-order valence-electron chi connectivity index (χ3n) is 3.69. The van der Waals surface area contributed by atoms with Crippen molar-refractivity contribution in [3.63, 3.8) is 0 Å². The summed E-state index contributed by atoms with van der Waals surface area (Å²) in [5, 5.41) is 3.49. The number of carbonyl (C=O) groups is 1. The number of halogens is 1. The van der Waals surface area contributed by atoms with Crippen LogP contribution >= 0.6 is 11.6 Å². The summed E-state index contributed by atoms with van der Waals surface area (Å²) in [5.74, 6) is 0.403. The van der Waals surface area contributed by atoms with E-state index in [4.69, 9.17) is 21.1 Å². The minimum Gasteiger partial charge on any atom is -0.484 e. The van der Waals surface area contributed by atoms with Crippen molar-refractivity contribution in [2.75, 3.05) is 43.1 Å². The second-order valence-corrected chi connectivity index (χ2v) is 5.88. The van der Waals surface area contributed by atoms with Crippen LogP contribution in [0.25, 0.3) is 0 Å². The fourth-order valence-electron chi connectivity index (χ4n) is 2.48. The number of morpholine rings is 1. The maximum Gasteiger partial charge on any atom is 0.262 e. The second-order valence-electron chi connectivity index (χ2n) is 5.44. The molecule has 1 N–H and O–H groups in total.